The largest absolute Gasteiger partial charge is 0.397 e. The molecule has 1 aromatic rings. The van der Waals surface area contributed by atoms with Gasteiger partial charge in [-0.05, 0) is 32.2 Å². The standard InChI is InChI=1S/C12H19N3O2S/c1-4-15(5-2)12(17)8(3)14-11(16)10-9(13)6-7-18-10/h6-8H,4-5,13H2,1-3H3,(H,14,16). The van der Waals surface area contributed by atoms with Gasteiger partial charge in [0.15, 0.2) is 0 Å². The molecule has 0 spiro atoms. The number of amides is 2. The van der Waals surface area contributed by atoms with Crippen LogP contribution in [0.25, 0.3) is 0 Å². The maximum absolute atomic E-state index is 12.0. The summed E-state index contributed by atoms with van der Waals surface area (Å²) in [6.07, 6.45) is 0. The highest BCUT2D eigenvalue weighted by Gasteiger charge is 2.21. The van der Waals surface area contributed by atoms with E-state index in [4.69, 9.17) is 5.73 Å². The third-order valence-electron chi connectivity index (χ3n) is 2.70. The monoisotopic (exact) mass is 269 g/mol. The van der Waals surface area contributed by atoms with Crippen LogP contribution >= 0.6 is 11.3 Å². The summed E-state index contributed by atoms with van der Waals surface area (Å²) in [6, 6.07) is 1.13. The van der Waals surface area contributed by atoms with Gasteiger partial charge in [-0.1, -0.05) is 0 Å². The molecule has 0 radical (unpaired) electrons. The molecule has 1 rings (SSSR count). The minimum atomic E-state index is -0.543. The summed E-state index contributed by atoms with van der Waals surface area (Å²) in [5.74, 6) is -0.376. The van der Waals surface area contributed by atoms with Crippen molar-refractivity contribution in [2.75, 3.05) is 18.8 Å². The number of nitrogen functional groups attached to an aromatic ring is 1. The van der Waals surface area contributed by atoms with Gasteiger partial charge in [0.1, 0.15) is 10.9 Å². The molecule has 1 heterocycles. The van der Waals surface area contributed by atoms with E-state index in [9.17, 15) is 9.59 Å². The lowest BCUT2D eigenvalue weighted by Gasteiger charge is -2.23. The van der Waals surface area contributed by atoms with Gasteiger partial charge in [0.25, 0.3) is 5.91 Å². The number of rotatable bonds is 5. The molecule has 2 amide bonds. The Hall–Kier alpha value is -1.56. The van der Waals surface area contributed by atoms with Crippen molar-refractivity contribution < 1.29 is 9.59 Å². The summed E-state index contributed by atoms with van der Waals surface area (Å²) < 4.78 is 0. The van der Waals surface area contributed by atoms with Crippen molar-refractivity contribution in [3.63, 3.8) is 0 Å². The van der Waals surface area contributed by atoms with Crippen LogP contribution in [0.3, 0.4) is 0 Å². The molecule has 0 bridgehead atoms. The molecule has 0 aliphatic rings. The Kier molecular flexibility index (Phi) is 5.15. The average Bonchev–Trinajstić information content (AvgIpc) is 2.76. The number of hydrogen-bond donors (Lipinski definition) is 2. The van der Waals surface area contributed by atoms with Crippen LogP contribution in [0.2, 0.25) is 0 Å². The highest BCUT2D eigenvalue weighted by atomic mass is 32.1. The van der Waals surface area contributed by atoms with Gasteiger partial charge in [-0.15, -0.1) is 11.3 Å². The van der Waals surface area contributed by atoms with Crippen molar-refractivity contribution >= 4 is 28.8 Å². The molecule has 0 saturated heterocycles. The molecule has 18 heavy (non-hydrogen) atoms. The van der Waals surface area contributed by atoms with E-state index < -0.39 is 6.04 Å². The number of nitrogens with zero attached hydrogens (tertiary/aromatic N) is 1. The Bertz CT molecular complexity index is 427. The highest BCUT2D eigenvalue weighted by molar-refractivity contribution is 7.12. The third-order valence-corrected chi connectivity index (χ3v) is 3.62. The van der Waals surface area contributed by atoms with Crippen LogP contribution in [0.4, 0.5) is 5.69 Å². The summed E-state index contributed by atoms with van der Waals surface area (Å²) in [6.45, 7) is 6.77. The zero-order chi connectivity index (χ0) is 13.7. The Morgan fingerprint density at radius 2 is 2.06 bits per heavy atom. The topological polar surface area (TPSA) is 75.4 Å². The van der Waals surface area contributed by atoms with Crippen LogP contribution in [0.15, 0.2) is 11.4 Å². The number of nitrogens with one attached hydrogen (secondary N) is 1. The van der Waals surface area contributed by atoms with Crippen molar-refractivity contribution in [2.45, 2.75) is 26.8 Å². The maximum Gasteiger partial charge on any atom is 0.264 e. The van der Waals surface area contributed by atoms with Crippen LogP contribution in [-0.2, 0) is 4.79 Å². The Morgan fingerprint density at radius 3 is 2.50 bits per heavy atom. The normalized spacial score (nSPS) is 11.9. The fraction of sp³-hybridized carbons (Fsp3) is 0.500. The van der Waals surface area contributed by atoms with Crippen LogP contribution in [0.5, 0.6) is 0 Å². The molecule has 100 valence electrons. The van der Waals surface area contributed by atoms with E-state index in [1.165, 1.54) is 11.3 Å². The van der Waals surface area contributed by atoms with Crippen LogP contribution in [-0.4, -0.2) is 35.8 Å². The summed E-state index contributed by atoms with van der Waals surface area (Å²) in [4.78, 5) is 26.0. The minimum absolute atomic E-state index is 0.0801. The van der Waals surface area contributed by atoms with Crippen LogP contribution < -0.4 is 11.1 Å². The molecule has 1 unspecified atom stereocenters. The summed E-state index contributed by atoms with van der Waals surface area (Å²) >= 11 is 1.27. The molecule has 0 fully saturated rings. The first-order valence-electron chi connectivity index (χ1n) is 5.93. The third kappa shape index (κ3) is 3.22. The first-order chi connectivity index (χ1) is 8.51. The lowest BCUT2D eigenvalue weighted by molar-refractivity contribution is -0.132. The van der Waals surface area contributed by atoms with Gasteiger partial charge < -0.3 is 16.0 Å². The van der Waals surface area contributed by atoms with Gasteiger partial charge in [-0.3, -0.25) is 9.59 Å². The molecule has 5 nitrogen and oxygen atoms in total. The molecule has 3 N–H and O–H groups in total. The molecule has 6 heteroatoms. The number of anilines is 1. The summed E-state index contributed by atoms with van der Waals surface area (Å²) in [5, 5.41) is 4.42. The maximum atomic E-state index is 12.0. The van der Waals surface area contributed by atoms with Gasteiger partial charge in [0, 0.05) is 13.1 Å². The van der Waals surface area contributed by atoms with E-state index in [2.05, 4.69) is 5.32 Å². The zero-order valence-corrected chi connectivity index (χ0v) is 11.7. The number of carbonyl (C=O) groups excluding carboxylic acids is 2. The average molecular weight is 269 g/mol. The summed E-state index contributed by atoms with van der Waals surface area (Å²) in [7, 11) is 0. The predicted octanol–water partition coefficient (Wildman–Crippen LogP) is 1.32. The Morgan fingerprint density at radius 1 is 1.44 bits per heavy atom. The number of hydrogen-bond acceptors (Lipinski definition) is 4. The molecule has 0 aliphatic heterocycles. The van der Waals surface area contributed by atoms with Crippen molar-refractivity contribution in [3.05, 3.63) is 16.3 Å². The van der Waals surface area contributed by atoms with E-state index in [0.29, 0.717) is 23.7 Å². The lowest BCUT2D eigenvalue weighted by Crippen LogP contribution is -2.46. The van der Waals surface area contributed by atoms with E-state index >= 15 is 0 Å². The van der Waals surface area contributed by atoms with Crippen molar-refractivity contribution in [3.8, 4) is 0 Å². The van der Waals surface area contributed by atoms with Gasteiger partial charge in [0.05, 0.1) is 5.69 Å². The van der Waals surface area contributed by atoms with Crippen LogP contribution in [0.1, 0.15) is 30.4 Å². The van der Waals surface area contributed by atoms with Crippen molar-refractivity contribution in [1.82, 2.24) is 10.2 Å². The second-order valence-corrected chi connectivity index (χ2v) is 4.83. The van der Waals surface area contributed by atoms with E-state index in [1.807, 2.05) is 13.8 Å². The quantitative estimate of drug-likeness (QED) is 0.846. The number of carbonyl (C=O) groups is 2. The molecular weight excluding hydrogens is 250 g/mol. The minimum Gasteiger partial charge on any atom is -0.397 e. The van der Waals surface area contributed by atoms with Gasteiger partial charge in [0.2, 0.25) is 5.91 Å². The number of likely N-dealkylation sites (N-methyl/N-ethyl adjacent to an activating group) is 1. The SMILES string of the molecule is CCN(CC)C(=O)C(C)NC(=O)c1sccc1N. The molecule has 0 saturated carbocycles. The predicted molar refractivity (Wildman–Crippen MR) is 73.6 cm³/mol. The van der Waals surface area contributed by atoms with E-state index in [0.717, 1.165) is 0 Å². The van der Waals surface area contributed by atoms with Gasteiger partial charge in [-0.25, -0.2) is 0 Å². The van der Waals surface area contributed by atoms with E-state index in [1.54, 1.807) is 23.3 Å². The smallest absolute Gasteiger partial charge is 0.264 e. The summed E-state index contributed by atoms with van der Waals surface area (Å²) in [5.41, 5.74) is 6.10. The van der Waals surface area contributed by atoms with Gasteiger partial charge >= 0.3 is 0 Å². The molecule has 0 aliphatic carbocycles. The van der Waals surface area contributed by atoms with Crippen molar-refractivity contribution in [1.29, 1.82) is 0 Å². The van der Waals surface area contributed by atoms with Crippen molar-refractivity contribution in [2.24, 2.45) is 0 Å². The Labute approximate surface area is 111 Å². The number of thiophene rings is 1. The second kappa shape index (κ2) is 6.39. The second-order valence-electron chi connectivity index (χ2n) is 3.91. The first kappa shape index (κ1) is 14.5. The molecular formula is C12H19N3O2S. The molecule has 1 atom stereocenters. The number of nitrogens with two attached hydrogens (primary N) is 1. The highest BCUT2D eigenvalue weighted by Crippen LogP contribution is 2.18. The lowest BCUT2D eigenvalue weighted by atomic mass is 10.2. The van der Waals surface area contributed by atoms with Gasteiger partial charge in [-0.2, -0.15) is 0 Å². The Balaban J connectivity index is 2.65. The fourth-order valence-corrected chi connectivity index (χ4v) is 2.36. The van der Waals surface area contributed by atoms with E-state index in [-0.39, 0.29) is 11.8 Å². The zero-order valence-electron chi connectivity index (χ0n) is 10.9. The molecule has 0 aromatic carbocycles. The van der Waals surface area contributed by atoms with Crippen LogP contribution in [0, 0.1) is 0 Å². The fourth-order valence-electron chi connectivity index (χ4n) is 1.64. The first-order valence-corrected chi connectivity index (χ1v) is 6.81. The molecule has 1 aromatic heterocycles.